The standard InChI is InChI=1S/C9H15N2/c1-3-5-6-11-7-9(4-2)10-8-11/h7-8H,2-6H2,1H3. The van der Waals surface area contributed by atoms with Crippen LogP contribution in [-0.4, -0.2) is 9.55 Å². The van der Waals surface area contributed by atoms with Crippen LogP contribution in [0.5, 0.6) is 0 Å². The highest BCUT2D eigenvalue weighted by Gasteiger charge is 1.93. The van der Waals surface area contributed by atoms with Gasteiger partial charge in [-0.2, -0.15) is 0 Å². The minimum absolute atomic E-state index is 0.791. The lowest BCUT2D eigenvalue weighted by atomic mass is 10.3. The van der Waals surface area contributed by atoms with Gasteiger partial charge in [0.15, 0.2) is 0 Å². The van der Waals surface area contributed by atoms with Gasteiger partial charge in [-0.05, 0) is 19.8 Å². The molecule has 0 atom stereocenters. The Labute approximate surface area is 68.3 Å². The first kappa shape index (κ1) is 8.31. The first-order chi connectivity index (χ1) is 5.36. The van der Waals surface area contributed by atoms with Gasteiger partial charge in [-0.15, -0.1) is 0 Å². The molecular weight excluding hydrogens is 136 g/mol. The normalized spacial score (nSPS) is 10.4. The molecule has 0 fully saturated rings. The Hall–Kier alpha value is -0.790. The molecule has 0 saturated carbocycles. The molecule has 1 rings (SSSR count). The Morgan fingerprint density at radius 2 is 2.45 bits per heavy atom. The highest BCUT2D eigenvalue weighted by molar-refractivity contribution is 4.97. The predicted octanol–water partition coefficient (Wildman–Crippen LogP) is 2.06. The number of aryl methyl sites for hydroxylation is 1. The second-order valence-electron chi connectivity index (χ2n) is 2.71. The molecule has 0 aliphatic rings. The Bertz CT molecular complexity index is 203. The Morgan fingerprint density at radius 3 is 3.00 bits per heavy atom. The maximum atomic E-state index is 4.19. The van der Waals surface area contributed by atoms with Crippen LogP contribution in [0.1, 0.15) is 25.5 Å². The molecule has 2 nitrogen and oxygen atoms in total. The van der Waals surface area contributed by atoms with E-state index in [2.05, 4.69) is 29.6 Å². The van der Waals surface area contributed by atoms with Gasteiger partial charge in [-0.25, -0.2) is 4.98 Å². The summed E-state index contributed by atoms with van der Waals surface area (Å²) in [5, 5.41) is 0. The third-order valence-corrected chi connectivity index (χ3v) is 1.71. The number of rotatable bonds is 4. The highest BCUT2D eigenvalue weighted by Crippen LogP contribution is 1.99. The van der Waals surface area contributed by atoms with Gasteiger partial charge >= 0.3 is 0 Å². The van der Waals surface area contributed by atoms with E-state index in [4.69, 9.17) is 0 Å². The molecule has 11 heavy (non-hydrogen) atoms. The van der Waals surface area contributed by atoms with E-state index in [0.29, 0.717) is 0 Å². The van der Waals surface area contributed by atoms with Gasteiger partial charge < -0.3 is 4.57 Å². The van der Waals surface area contributed by atoms with Crippen LogP contribution in [0.25, 0.3) is 0 Å². The first-order valence-corrected chi connectivity index (χ1v) is 4.16. The van der Waals surface area contributed by atoms with Crippen LogP contribution in [0.3, 0.4) is 0 Å². The Morgan fingerprint density at radius 1 is 1.64 bits per heavy atom. The first-order valence-electron chi connectivity index (χ1n) is 4.16. The van der Waals surface area contributed by atoms with Crippen LogP contribution in [0, 0.1) is 6.92 Å². The zero-order valence-corrected chi connectivity index (χ0v) is 7.08. The van der Waals surface area contributed by atoms with Crippen molar-refractivity contribution in [3.05, 3.63) is 25.1 Å². The van der Waals surface area contributed by atoms with Gasteiger partial charge in [0.25, 0.3) is 0 Å². The lowest BCUT2D eigenvalue weighted by Crippen LogP contribution is -1.92. The van der Waals surface area contributed by atoms with Gasteiger partial charge in [0.1, 0.15) is 0 Å². The lowest BCUT2D eigenvalue weighted by Gasteiger charge is -1.97. The summed E-state index contributed by atoms with van der Waals surface area (Å²) in [6, 6.07) is 0. The fourth-order valence-corrected chi connectivity index (χ4v) is 0.998. The molecule has 2 heteroatoms. The number of imidazole rings is 1. The van der Waals surface area contributed by atoms with E-state index < -0.39 is 0 Å². The number of nitrogens with zero attached hydrogens (tertiary/aromatic N) is 2. The van der Waals surface area contributed by atoms with Gasteiger partial charge in [-0.1, -0.05) is 13.3 Å². The second-order valence-corrected chi connectivity index (χ2v) is 2.71. The summed E-state index contributed by atoms with van der Waals surface area (Å²) < 4.78 is 2.13. The van der Waals surface area contributed by atoms with E-state index in [1.807, 2.05) is 6.33 Å². The van der Waals surface area contributed by atoms with E-state index in [9.17, 15) is 0 Å². The molecule has 0 amide bonds. The SMILES string of the molecule is [CH2]Cc1cn(CCCC)cn1. The number of aromatic nitrogens is 2. The zero-order chi connectivity index (χ0) is 8.10. The largest absolute Gasteiger partial charge is 0.337 e. The molecule has 1 radical (unpaired) electrons. The monoisotopic (exact) mass is 151 g/mol. The third kappa shape index (κ3) is 2.37. The summed E-state index contributed by atoms with van der Waals surface area (Å²) in [7, 11) is 0. The van der Waals surface area contributed by atoms with Crippen molar-refractivity contribution >= 4 is 0 Å². The Balaban J connectivity index is 2.44. The third-order valence-electron chi connectivity index (χ3n) is 1.71. The Kier molecular flexibility index (Phi) is 3.14. The molecule has 0 unspecified atom stereocenters. The zero-order valence-electron chi connectivity index (χ0n) is 7.08. The van der Waals surface area contributed by atoms with Gasteiger partial charge in [0.05, 0.1) is 12.0 Å². The molecule has 0 N–H and O–H groups in total. The van der Waals surface area contributed by atoms with E-state index in [1.54, 1.807) is 0 Å². The van der Waals surface area contributed by atoms with Crippen molar-refractivity contribution in [2.75, 3.05) is 0 Å². The molecule has 0 bridgehead atoms. The fourth-order valence-electron chi connectivity index (χ4n) is 0.998. The summed E-state index contributed by atoms with van der Waals surface area (Å²) in [6.07, 6.45) is 7.21. The average molecular weight is 151 g/mol. The highest BCUT2D eigenvalue weighted by atomic mass is 15.0. The minimum Gasteiger partial charge on any atom is -0.337 e. The van der Waals surface area contributed by atoms with Gasteiger partial charge in [-0.3, -0.25) is 0 Å². The quantitative estimate of drug-likeness (QED) is 0.644. The second kappa shape index (κ2) is 4.16. The maximum Gasteiger partial charge on any atom is 0.0949 e. The van der Waals surface area contributed by atoms with Gasteiger partial charge in [0.2, 0.25) is 0 Å². The van der Waals surface area contributed by atoms with Crippen molar-refractivity contribution in [1.82, 2.24) is 9.55 Å². The molecule has 1 aromatic heterocycles. The summed E-state index contributed by atoms with van der Waals surface area (Å²) in [5.74, 6) is 0. The predicted molar refractivity (Wildman–Crippen MR) is 46.2 cm³/mol. The van der Waals surface area contributed by atoms with Gasteiger partial charge in [0, 0.05) is 12.7 Å². The molecule has 1 heterocycles. The number of hydrogen-bond acceptors (Lipinski definition) is 1. The molecule has 0 aliphatic heterocycles. The molecule has 0 aromatic carbocycles. The summed E-state index contributed by atoms with van der Waals surface area (Å²) in [6.45, 7) is 7.05. The van der Waals surface area contributed by atoms with Crippen molar-refractivity contribution in [2.45, 2.75) is 32.7 Å². The van der Waals surface area contributed by atoms with Crippen molar-refractivity contribution < 1.29 is 0 Å². The molecule has 0 saturated heterocycles. The van der Waals surface area contributed by atoms with Crippen molar-refractivity contribution in [3.63, 3.8) is 0 Å². The lowest BCUT2D eigenvalue weighted by molar-refractivity contribution is 0.631. The van der Waals surface area contributed by atoms with E-state index in [0.717, 1.165) is 18.7 Å². The number of hydrogen-bond donors (Lipinski definition) is 0. The minimum atomic E-state index is 0.791. The van der Waals surface area contributed by atoms with Crippen molar-refractivity contribution in [3.8, 4) is 0 Å². The molecule has 0 spiro atoms. The van der Waals surface area contributed by atoms with Crippen molar-refractivity contribution in [1.29, 1.82) is 0 Å². The smallest absolute Gasteiger partial charge is 0.0949 e. The van der Waals surface area contributed by atoms with Crippen LogP contribution in [0.15, 0.2) is 12.5 Å². The molecular formula is C9H15N2. The van der Waals surface area contributed by atoms with Crippen LogP contribution in [0.4, 0.5) is 0 Å². The van der Waals surface area contributed by atoms with E-state index in [1.165, 1.54) is 12.8 Å². The fraction of sp³-hybridized carbons (Fsp3) is 0.556. The van der Waals surface area contributed by atoms with Crippen LogP contribution in [-0.2, 0) is 13.0 Å². The molecule has 61 valence electrons. The van der Waals surface area contributed by atoms with Crippen LogP contribution in [0.2, 0.25) is 0 Å². The molecule has 0 aliphatic carbocycles. The van der Waals surface area contributed by atoms with Crippen LogP contribution >= 0.6 is 0 Å². The summed E-state index contributed by atoms with van der Waals surface area (Å²) >= 11 is 0. The number of unbranched alkanes of at least 4 members (excludes halogenated alkanes) is 1. The maximum absolute atomic E-state index is 4.19. The van der Waals surface area contributed by atoms with E-state index >= 15 is 0 Å². The molecule has 1 aromatic rings. The van der Waals surface area contributed by atoms with Crippen LogP contribution < -0.4 is 0 Å². The van der Waals surface area contributed by atoms with Crippen molar-refractivity contribution in [2.24, 2.45) is 0 Å². The topological polar surface area (TPSA) is 17.8 Å². The average Bonchev–Trinajstić information content (AvgIpc) is 2.48. The summed E-state index contributed by atoms with van der Waals surface area (Å²) in [4.78, 5) is 4.19. The van der Waals surface area contributed by atoms with E-state index in [-0.39, 0.29) is 0 Å². The summed E-state index contributed by atoms with van der Waals surface area (Å²) in [5.41, 5.74) is 1.08.